The van der Waals surface area contributed by atoms with Crippen LogP contribution in [-0.2, 0) is 4.74 Å². The molecule has 16 heavy (non-hydrogen) atoms. The Bertz CT molecular complexity index is 400. The van der Waals surface area contributed by atoms with Gasteiger partial charge in [0.05, 0.1) is 24.3 Å². The summed E-state index contributed by atoms with van der Waals surface area (Å²) in [6.07, 6.45) is 0. The molecule has 0 saturated carbocycles. The Labute approximate surface area is 105 Å². The van der Waals surface area contributed by atoms with E-state index in [9.17, 15) is 4.79 Å². The number of rotatable bonds is 2. The van der Waals surface area contributed by atoms with Crippen molar-refractivity contribution in [3.8, 4) is 5.75 Å². The van der Waals surface area contributed by atoms with Crippen molar-refractivity contribution in [2.75, 3.05) is 14.2 Å². The van der Waals surface area contributed by atoms with Crippen LogP contribution in [0.2, 0.25) is 0 Å². The average molecular weight is 289 g/mol. The number of aryl methyl sites for hydroxylation is 1. The fourth-order valence-electron chi connectivity index (χ4n) is 1.58. The van der Waals surface area contributed by atoms with E-state index in [1.807, 2.05) is 19.9 Å². The quantitative estimate of drug-likeness (QED) is 0.782. The number of ether oxygens (including phenoxy) is 2. The van der Waals surface area contributed by atoms with E-state index in [2.05, 4.69) is 15.9 Å². The van der Waals surface area contributed by atoms with E-state index in [0.29, 0.717) is 11.3 Å². The van der Waals surface area contributed by atoms with Gasteiger partial charge in [0.2, 0.25) is 0 Å². The molecule has 0 fully saturated rings. The minimum Gasteiger partial charge on any atom is -0.495 e. The molecule has 3 nitrogen and oxygen atoms in total. The molecule has 0 aliphatic carbocycles. The van der Waals surface area contributed by atoms with E-state index in [0.717, 1.165) is 15.6 Å². The number of methoxy groups -OCH3 is 2. The highest BCUT2D eigenvalue weighted by Crippen LogP contribution is 2.33. The van der Waals surface area contributed by atoms with E-state index < -0.39 is 0 Å². The molecule has 0 aliphatic rings. The van der Waals surface area contributed by atoms with Gasteiger partial charge in [-0.3, -0.25) is 0 Å². The Morgan fingerprint density at radius 2 is 1.88 bits per heavy atom. The molecule has 0 radical (unpaired) electrons. The predicted molar refractivity (Wildman–Crippen MR) is 68.2 cm³/mol. The fourth-order valence-corrected chi connectivity index (χ4v) is 2.39. The summed E-state index contributed by atoms with van der Waals surface area (Å²) in [6, 6.07) is 1.85. The van der Waals surface area contributed by atoms with E-state index in [4.69, 9.17) is 9.47 Å². The monoisotopic (exact) mass is 288 g/mol. The number of halogens is 1. The van der Waals surface area contributed by atoms with Gasteiger partial charge in [0, 0.05) is 5.56 Å². The maximum absolute atomic E-state index is 11.5. The first kappa shape index (κ1) is 15.0. The fraction of sp³-hybridized carbons (Fsp3) is 0.417. The predicted octanol–water partition coefficient (Wildman–Crippen LogP) is 3.50. The van der Waals surface area contributed by atoms with E-state index in [1.165, 1.54) is 7.11 Å². The van der Waals surface area contributed by atoms with Gasteiger partial charge in [0.25, 0.3) is 0 Å². The second-order valence-electron chi connectivity index (χ2n) is 3.20. The molecule has 0 saturated heterocycles. The minimum atomic E-state index is -0.337. The van der Waals surface area contributed by atoms with Crippen molar-refractivity contribution in [1.29, 1.82) is 0 Å². The molecule has 0 amide bonds. The molecule has 0 N–H and O–H groups in total. The molecule has 4 heteroatoms. The van der Waals surface area contributed by atoms with Crippen molar-refractivity contribution >= 4 is 21.9 Å². The molecular formula is C12H17BrO3. The third-order valence-electron chi connectivity index (χ3n) is 2.26. The Morgan fingerprint density at radius 3 is 2.31 bits per heavy atom. The summed E-state index contributed by atoms with van der Waals surface area (Å²) in [4.78, 5) is 11.5. The van der Waals surface area contributed by atoms with E-state index in [-0.39, 0.29) is 13.4 Å². The number of hydrogen-bond acceptors (Lipinski definition) is 3. The third-order valence-corrected chi connectivity index (χ3v) is 2.85. The van der Waals surface area contributed by atoms with Crippen LogP contribution in [0.25, 0.3) is 0 Å². The Balaban J connectivity index is 0.00000225. The van der Waals surface area contributed by atoms with Crippen LogP contribution in [0.1, 0.15) is 28.9 Å². The van der Waals surface area contributed by atoms with Crippen molar-refractivity contribution in [2.45, 2.75) is 21.3 Å². The zero-order valence-electron chi connectivity index (χ0n) is 9.18. The van der Waals surface area contributed by atoms with Gasteiger partial charge in [0.15, 0.2) is 0 Å². The highest BCUT2D eigenvalue weighted by Gasteiger charge is 2.18. The second-order valence-corrected chi connectivity index (χ2v) is 4.05. The minimum absolute atomic E-state index is 0. The first-order chi connectivity index (χ1) is 7.02. The third kappa shape index (κ3) is 2.55. The Hall–Kier alpha value is -1.03. The van der Waals surface area contributed by atoms with Crippen LogP contribution < -0.4 is 4.74 Å². The molecule has 0 heterocycles. The van der Waals surface area contributed by atoms with Crippen molar-refractivity contribution in [1.82, 2.24) is 0 Å². The lowest BCUT2D eigenvalue weighted by Crippen LogP contribution is -2.08. The van der Waals surface area contributed by atoms with Crippen molar-refractivity contribution in [3.05, 3.63) is 27.2 Å². The van der Waals surface area contributed by atoms with Gasteiger partial charge in [0.1, 0.15) is 5.75 Å². The maximum Gasteiger partial charge on any atom is 0.338 e. The molecule has 0 aromatic heterocycles. The largest absolute Gasteiger partial charge is 0.495 e. The number of hydrogen-bond donors (Lipinski definition) is 0. The van der Waals surface area contributed by atoms with Crippen LogP contribution in [0.5, 0.6) is 5.75 Å². The summed E-state index contributed by atoms with van der Waals surface area (Å²) in [5, 5.41) is 0. The lowest BCUT2D eigenvalue weighted by atomic mass is 10.0. The zero-order chi connectivity index (χ0) is 11.6. The molecule has 0 unspecified atom stereocenters. The molecule has 0 aliphatic heterocycles. The SMILES string of the molecule is C.COC(=O)c1c(C)cc(Br)c(OC)c1C. The highest BCUT2D eigenvalue weighted by atomic mass is 79.9. The summed E-state index contributed by atoms with van der Waals surface area (Å²) in [5.41, 5.74) is 2.22. The number of benzene rings is 1. The Kier molecular flexibility index (Phi) is 5.51. The van der Waals surface area contributed by atoms with Crippen LogP contribution in [0, 0.1) is 13.8 Å². The van der Waals surface area contributed by atoms with Gasteiger partial charge in [-0.25, -0.2) is 4.79 Å². The molecule has 1 rings (SSSR count). The summed E-state index contributed by atoms with van der Waals surface area (Å²) in [6.45, 7) is 3.70. The van der Waals surface area contributed by atoms with Crippen LogP contribution >= 0.6 is 15.9 Å². The van der Waals surface area contributed by atoms with Gasteiger partial charge in [-0.2, -0.15) is 0 Å². The standard InChI is InChI=1S/C11H13BrO3.CH4/c1-6-5-8(12)10(14-3)7(2)9(6)11(13)15-4;/h5H,1-4H3;1H4. The van der Waals surface area contributed by atoms with Crippen LogP contribution in [0.4, 0.5) is 0 Å². The first-order valence-electron chi connectivity index (χ1n) is 4.45. The normalized spacial score (nSPS) is 9.31. The summed E-state index contributed by atoms with van der Waals surface area (Å²) in [5.74, 6) is 0.330. The van der Waals surface area contributed by atoms with Crippen molar-refractivity contribution in [2.24, 2.45) is 0 Å². The molecule has 0 spiro atoms. The van der Waals surface area contributed by atoms with Crippen molar-refractivity contribution in [3.63, 3.8) is 0 Å². The van der Waals surface area contributed by atoms with Crippen LogP contribution in [-0.4, -0.2) is 20.2 Å². The van der Waals surface area contributed by atoms with Crippen LogP contribution in [0.15, 0.2) is 10.5 Å². The molecule has 0 bridgehead atoms. The van der Waals surface area contributed by atoms with E-state index in [1.54, 1.807) is 7.11 Å². The summed E-state index contributed by atoms with van der Waals surface area (Å²) in [7, 11) is 2.94. The van der Waals surface area contributed by atoms with Gasteiger partial charge in [-0.1, -0.05) is 7.43 Å². The topological polar surface area (TPSA) is 35.5 Å². The molecule has 0 atom stereocenters. The molecule has 1 aromatic carbocycles. The highest BCUT2D eigenvalue weighted by molar-refractivity contribution is 9.10. The molecule has 1 aromatic rings. The van der Waals surface area contributed by atoms with Crippen molar-refractivity contribution < 1.29 is 14.3 Å². The van der Waals surface area contributed by atoms with Gasteiger partial charge in [-0.05, 0) is 41.4 Å². The number of carbonyl (C=O) groups is 1. The van der Waals surface area contributed by atoms with Gasteiger partial charge < -0.3 is 9.47 Å². The van der Waals surface area contributed by atoms with Gasteiger partial charge >= 0.3 is 5.97 Å². The van der Waals surface area contributed by atoms with Crippen LogP contribution in [0.3, 0.4) is 0 Å². The first-order valence-corrected chi connectivity index (χ1v) is 5.24. The lowest BCUT2D eigenvalue weighted by Gasteiger charge is -2.13. The molecular weight excluding hydrogens is 272 g/mol. The maximum atomic E-state index is 11.5. The van der Waals surface area contributed by atoms with E-state index >= 15 is 0 Å². The van der Waals surface area contributed by atoms with Gasteiger partial charge in [-0.15, -0.1) is 0 Å². The number of carbonyl (C=O) groups excluding carboxylic acids is 1. The average Bonchev–Trinajstić information content (AvgIpc) is 2.17. The molecule has 90 valence electrons. The summed E-state index contributed by atoms with van der Waals surface area (Å²) >= 11 is 3.39. The smallest absolute Gasteiger partial charge is 0.338 e. The summed E-state index contributed by atoms with van der Waals surface area (Å²) < 4.78 is 10.8. The second kappa shape index (κ2) is 5.89. The lowest BCUT2D eigenvalue weighted by molar-refractivity contribution is 0.0598. The Morgan fingerprint density at radius 1 is 1.31 bits per heavy atom. The zero-order valence-corrected chi connectivity index (χ0v) is 10.8. The number of esters is 1.